The first-order valence-corrected chi connectivity index (χ1v) is 12.5. The maximum Gasteiger partial charge on any atom is 0.329 e. The molecule has 1 heterocycles. The predicted molar refractivity (Wildman–Crippen MR) is 117 cm³/mol. The summed E-state index contributed by atoms with van der Waals surface area (Å²) in [7, 11) is 0. The van der Waals surface area contributed by atoms with Crippen molar-refractivity contribution >= 4 is 16.5 Å². The number of nitrogens with two attached hydrogens (primary N) is 1. The minimum atomic E-state index is -0.781. The maximum atomic E-state index is 11.8. The smallest absolute Gasteiger partial charge is 0.329 e. The number of nitrogens with one attached hydrogen (secondary N) is 1. The van der Waals surface area contributed by atoms with Crippen LogP contribution >= 0.6 is 11.3 Å². The highest BCUT2D eigenvalue weighted by atomic mass is 32.1. The molecule has 1 aromatic rings. The van der Waals surface area contributed by atoms with Crippen LogP contribution in [0.15, 0.2) is 17.0 Å². The van der Waals surface area contributed by atoms with E-state index in [0.29, 0.717) is 22.9 Å². The molecule has 0 aromatic carbocycles. The van der Waals surface area contributed by atoms with E-state index in [-0.39, 0.29) is 23.5 Å². The second-order valence-corrected chi connectivity index (χ2v) is 11.3. The van der Waals surface area contributed by atoms with Gasteiger partial charge in [-0.3, -0.25) is 5.73 Å². The predicted octanol–water partition coefficient (Wildman–Crippen LogP) is 3.02. The Balaban J connectivity index is 0.000000687. The van der Waals surface area contributed by atoms with Gasteiger partial charge in [0.1, 0.15) is 11.3 Å². The number of rotatable bonds is 1. The van der Waals surface area contributed by atoms with Gasteiger partial charge >= 0.3 is 5.13 Å². The molecule has 0 saturated heterocycles. The highest BCUT2D eigenvalue weighted by Gasteiger charge is 2.65. The van der Waals surface area contributed by atoms with Gasteiger partial charge in [0.2, 0.25) is 0 Å². The number of hydrogen-bond acceptors (Lipinski definition) is 5. The molecular weight excluding hydrogens is 396 g/mol. The van der Waals surface area contributed by atoms with E-state index in [1.165, 1.54) is 29.8 Å². The number of aromatic amines is 1. The number of thiazole rings is 1. The fraction of sp³-hybridized carbons (Fsp3) is 0.792. The maximum absolute atomic E-state index is 11.8. The van der Waals surface area contributed by atoms with E-state index < -0.39 is 5.60 Å². The number of hydrogen-bond donors (Lipinski definition) is 3. The second kappa shape index (κ2) is 7.88. The van der Waals surface area contributed by atoms with Gasteiger partial charge in [0.15, 0.2) is 0 Å². The van der Waals surface area contributed by atoms with Gasteiger partial charge in [-0.05, 0) is 74.5 Å². The van der Waals surface area contributed by atoms with Gasteiger partial charge in [0.25, 0.3) is 0 Å². The van der Waals surface area contributed by atoms with Crippen LogP contribution in [0.5, 0.6) is 0 Å². The zero-order valence-corrected chi connectivity index (χ0v) is 19.4. The van der Waals surface area contributed by atoms with Crippen LogP contribution in [0.4, 0.5) is 5.13 Å². The molecule has 5 nitrogen and oxygen atoms in total. The first-order chi connectivity index (χ1) is 14.2. The van der Waals surface area contributed by atoms with Crippen molar-refractivity contribution in [2.45, 2.75) is 83.8 Å². The first-order valence-electron chi connectivity index (χ1n) is 11.7. The van der Waals surface area contributed by atoms with Gasteiger partial charge in [0, 0.05) is 10.8 Å². The molecule has 0 spiro atoms. The van der Waals surface area contributed by atoms with Gasteiger partial charge in [-0.25, -0.2) is 4.98 Å². The standard InChI is InChI=1S/C22H32N2O2S.C2H5O/c1-20-8-5-14(25)11-13(20)3-4-15-16(20)6-9-21(2)17(15)7-10-22(21,26)18-12-27-19(23)24-18;1-2-3/h11-12,14-17,25-26H,3-10H2,1-2H3,(H2,23,24);2H2,1H3/q;-1/p+1/t14-,15+,16-,17-,20-,21-,22-;/m0./s1. The number of anilines is 1. The Morgan fingerprint density at radius 3 is 2.53 bits per heavy atom. The lowest BCUT2D eigenvalue weighted by molar-refractivity contribution is -0.394. The summed E-state index contributed by atoms with van der Waals surface area (Å²) in [5, 5.41) is 33.6. The monoisotopic (exact) mass is 434 g/mol. The zero-order valence-electron chi connectivity index (χ0n) is 18.6. The summed E-state index contributed by atoms with van der Waals surface area (Å²) in [6.07, 6.45) is 10.5. The summed E-state index contributed by atoms with van der Waals surface area (Å²) in [5.74, 6) is 1.95. The Bertz CT molecular complexity index is 810. The minimum absolute atomic E-state index is 0. The largest absolute Gasteiger partial charge is 0.855 e. The quantitative estimate of drug-likeness (QED) is 0.591. The van der Waals surface area contributed by atoms with Crippen LogP contribution in [0.25, 0.3) is 0 Å². The number of nitrogen functional groups attached to an aromatic ring is 1. The van der Waals surface area contributed by atoms with E-state index in [1.54, 1.807) is 6.92 Å². The van der Waals surface area contributed by atoms with E-state index in [1.807, 2.05) is 5.38 Å². The average Bonchev–Trinajstić information content (AvgIpc) is 3.25. The normalized spacial score (nSPS) is 44.8. The van der Waals surface area contributed by atoms with Crippen LogP contribution in [0.3, 0.4) is 0 Å². The molecule has 4 aliphatic rings. The molecule has 3 saturated carbocycles. The molecule has 1 aromatic heterocycles. The van der Waals surface area contributed by atoms with Crippen LogP contribution in [0.2, 0.25) is 0 Å². The molecule has 5 N–H and O–H groups in total. The van der Waals surface area contributed by atoms with Gasteiger partial charge in [-0.1, -0.05) is 43.8 Å². The molecule has 168 valence electrons. The van der Waals surface area contributed by atoms with Crippen molar-refractivity contribution in [3.8, 4) is 0 Å². The highest BCUT2D eigenvalue weighted by Crippen LogP contribution is 2.69. The lowest BCUT2D eigenvalue weighted by Gasteiger charge is -2.59. The van der Waals surface area contributed by atoms with E-state index in [0.717, 1.165) is 44.2 Å². The van der Waals surface area contributed by atoms with Crippen molar-refractivity contribution in [3.05, 3.63) is 22.7 Å². The number of aliphatic hydroxyl groups is 2. The molecule has 0 bridgehead atoms. The third kappa shape index (κ3) is 3.17. The molecule has 30 heavy (non-hydrogen) atoms. The molecule has 5 rings (SSSR count). The topological polar surface area (TPSA) is 104 Å². The second-order valence-electron chi connectivity index (χ2n) is 10.4. The summed E-state index contributed by atoms with van der Waals surface area (Å²) in [6.45, 7) is 6.36. The summed E-state index contributed by atoms with van der Waals surface area (Å²) in [5.41, 5.74) is 7.78. The van der Waals surface area contributed by atoms with Gasteiger partial charge in [-0.15, -0.1) is 6.61 Å². The van der Waals surface area contributed by atoms with Crippen LogP contribution in [0, 0.1) is 28.6 Å². The highest BCUT2D eigenvalue weighted by molar-refractivity contribution is 7.13. The summed E-state index contributed by atoms with van der Waals surface area (Å²) in [6, 6.07) is 0. The fourth-order valence-corrected chi connectivity index (χ4v) is 8.35. The average molecular weight is 435 g/mol. The van der Waals surface area contributed by atoms with Crippen molar-refractivity contribution in [1.82, 2.24) is 0 Å². The van der Waals surface area contributed by atoms with E-state index in [9.17, 15) is 10.2 Å². The molecule has 4 aliphatic carbocycles. The summed E-state index contributed by atoms with van der Waals surface area (Å²) in [4.78, 5) is 3.26. The van der Waals surface area contributed by atoms with Crippen molar-refractivity contribution in [2.24, 2.45) is 28.6 Å². The number of aliphatic hydroxyl groups excluding tert-OH is 1. The molecule has 0 radical (unpaired) electrons. The van der Waals surface area contributed by atoms with Crippen molar-refractivity contribution in [2.75, 3.05) is 12.3 Å². The van der Waals surface area contributed by atoms with Crippen LogP contribution in [-0.2, 0) is 5.60 Å². The Morgan fingerprint density at radius 2 is 1.87 bits per heavy atom. The first kappa shape index (κ1) is 22.3. The third-order valence-electron chi connectivity index (χ3n) is 9.25. The third-order valence-corrected chi connectivity index (χ3v) is 9.96. The summed E-state index contributed by atoms with van der Waals surface area (Å²) < 4.78 is 0. The van der Waals surface area contributed by atoms with Gasteiger partial charge in [0.05, 0.1) is 6.10 Å². The zero-order chi connectivity index (χ0) is 21.7. The van der Waals surface area contributed by atoms with E-state index in [4.69, 9.17) is 10.8 Å². The lowest BCUT2D eigenvalue weighted by atomic mass is 9.46. The molecule has 0 aliphatic heterocycles. The summed E-state index contributed by atoms with van der Waals surface area (Å²) >= 11 is 1.50. The number of fused-ring (bicyclic) bond motifs is 5. The molecule has 6 heteroatoms. The Kier molecular flexibility index (Phi) is 5.84. The number of H-pyrrole nitrogens is 1. The molecular formula is C24H38N2O3S. The SMILES string of the molecule is CC[O-].C[C@]12CC[C@H](O)C=C1CC[C@@H]1[C@@H]2CC[C@@]2(C)[C@H]1CC[C@]2(O)c1csc(N)[nH+]1. The molecule has 0 amide bonds. The van der Waals surface area contributed by atoms with Crippen molar-refractivity contribution < 1.29 is 20.3 Å². The Hall–Kier alpha value is -0.950. The van der Waals surface area contributed by atoms with Crippen LogP contribution in [-0.4, -0.2) is 22.9 Å². The van der Waals surface area contributed by atoms with Crippen LogP contribution < -0.4 is 15.8 Å². The van der Waals surface area contributed by atoms with Gasteiger partial charge < -0.3 is 15.3 Å². The van der Waals surface area contributed by atoms with Gasteiger partial charge in [-0.2, -0.15) is 0 Å². The number of allylic oxidation sites excluding steroid dienone is 1. The Labute approximate surface area is 184 Å². The van der Waals surface area contributed by atoms with Crippen LogP contribution in [0.1, 0.15) is 77.8 Å². The fourth-order valence-electron chi connectivity index (χ4n) is 7.68. The van der Waals surface area contributed by atoms with E-state index in [2.05, 4.69) is 24.9 Å². The lowest BCUT2D eigenvalue weighted by Crippen LogP contribution is -2.54. The minimum Gasteiger partial charge on any atom is -0.855 e. The van der Waals surface area contributed by atoms with Crippen molar-refractivity contribution in [1.29, 1.82) is 0 Å². The van der Waals surface area contributed by atoms with E-state index >= 15 is 0 Å². The molecule has 3 fully saturated rings. The number of aromatic nitrogens is 1. The molecule has 7 atom stereocenters. The Morgan fingerprint density at radius 1 is 1.17 bits per heavy atom. The molecule has 0 unspecified atom stereocenters. The van der Waals surface area contributed by atoms with Crippen molar-refractivity contribution in [3.63, 3.8) is 0 Å².